The van der Waals surface area contributed by atoms with E-state index in [0.717, 1.165) is 23.4 Å². The molecule has 0 unspecified atom stereocenters. The first-order valence-electron chi connectivity index (χ1n) is 6.41. The molecule has 1 heterocycles. The van der Waals surface area contributed by atoms with E-state index in [-0.39, 0.29) is 11.3 Å². The summed E-state index contributed by atoms with van der Waals surface area (Å²) in [5.41, 5.74) is 1.90. The molecule has 1 aliphatic carbocycles. The van der Waals surface area contributed by atoms with E-state index < -0.39 is 17.4 Å². The number of para-hydroxylation sites is 1. The minimum Gasteiger partial charge on any atom is -0.431 e. The van der Waals surface area contributed by atoms with Crippen molar-refractivity contribution in [1.29, 1.82) is 0 Å². The number of fused-ring (bicyclic) bond motifs is 1. The van der Waals surface area contributed by atoms with Crippen molar-refractivity contribution < 1.29 is 13.5 Å². The average Bonchev–Trinajstić information content (AvgIpc) is 2.42. The summed E-state index contributed by atoms with van der Waals surface area (Å²) in [6, 6.07) is 5.26. The van der Waals surface area contributed by atoms with Crippen LogP contribution in [0.2, 0.25) is 0 Å². The third-order valence-corrected chi connectivity index (χ3v) is 4.09. The molecular formula is C15H14F2N2O. The Kier molecular flexibility index (Phi) is 2.74. The molecule has 3 nitrogen and oxygen atoms in total. The maximum Gasteiger partial charge on any atom is 0.239 e. The zero-order valence-electron chi connectivity index (χ0n) is 11.4. The van der Waals surface area contributed by atoms with Gasteiger partial charge in [0.05, 0.1) is 5.69 Å². The van der Waals surface area contributed by atoms with E-state index >= 15 is 0 Å². The minimum absolute atomic E-state index is 0.0237. The molecule has 1 aromatic heterocycles. The fourth-order valence-corrected chi connectivity index (χ4v) is 2.47. The third-order valence-electron chi connectivity index (χ3n) is 4.09. The Morgan fingerprint density at radius 3 is 2.45 bits per heavy atom. The summed E-state index contributed by atoms with van der Waals surface area (Å²) < 4.78 is 32.2. The van der Waals surface area contributed by atoms with Crippen LogP contribution in [0.25, 0.3) is 0 Å². The molecule has 0 aliphatic heterocycles. The molecule has 0 saturated heterocycles. The molecule has 1 aromatic carbocycles. The smallest absolute Gasteiger partial charge is 0.239 e. The number of halogens is 2. The van der Waals surface area contributed by atoms with Gasteiger partial charge in [0.25, 0.3) is 0 Å². The van der Waals surface area contributed by atoms with Gasteiger partial charge < -0.3 is 4.74 Å². The van der Waals surface area contributed by atoms with E-state index in [0.29, 0.717) is 5.92 Å². The monoisotopic (exact) mass is 276 g/mol. The Morgan fingerprint density at radius 1 is 1.15 bits per heavy atom. The van der Waals surface area contributed by atoms with Crippen LogP contribution in [-0.4, -0.2) is 10.2 Å². The van der Waals surface area contributed by atoms with Crippen LogP contribution in [0.5, 0.6) is 11.6 Å². The zero-order valence-corrected chi connectivity index (χ0v) is 11.4. The van der Waals surface area contributed by atoms with Gasteiger partial charge in [-0.3, -0.25) is 0 Å². The highest BCUT2D eigenvalue weighted by molar-refractivity contribution is 5.45. The predicted octanol–water partition coefficient (Wildman–Crippen LogP) is 3.94. The molecule has 1 atom stereocenters. The second-order valence-electron chi connectivity index (χ2n) is 5.58. The number of benzene rings is 1. The van der Waals surface area contributed by atoms with Gasteiger partial charge in [-0.2, -0.15) is 5.10 Å². The van der Waals surface area contributed by atoms with Gasteiger partial charge in [0.15, 0.2) is 11.6 Å². The topological polar surface area (TPSA) is 35.0 Å². The van der Waals surface area contributed by atoms with Gasteiger partial charge in [0.2, 0.25) is 11.6 Å². The Morgan fingerprint density at radius 2 is 1.80 bits per heavy atom. The van der Waals surface area contributed by atoms with Crippen molar-refractivity contribution in [2.75, 3.05) is 0 Å². The first-order valence-corrected chi connectivity index (χ1v) is 6.41. The lowest BCUT2D eigenvalue weighted by Crippen LogP contribution is -2.38. The predicted molar refractivity (Wildman–Crippen MR) is 69.9 cm³/mol. The van der Waals surface area contributed by atoms with E-state index in [1.165, 1.54) is 6.07 Å². The lowest BCUT2D eigenvalue weighted by Gasteiger charge is -2.42. The molecule has 104 valence electrons. The van der Waals surface area contributed by atoms with Crippen molar-refractivity contribution in [3.05, 3.63) is 47.2 Å². The van der Waals surface area contributed by atoms with E-state index in [1.807, 2.05) is 0 Å². The van der Waals surface area contributed by atoms with Crippen molar-refractivity contribution in [2.45, 2.75) is 32.1 Å². The van der Waals surface area contributed by atoms with Crippen molar-refractivity contribution in [3.63, 3.8) is 0 Å². The molecule has 0 radical (unpaired) electrons. The van der Waals surface area contributed by atoms with Crippen LogP contribution in [0.3, 0.4) is 0 Å². The number of rotatable bonds is 2. The fourth-order valence-electron chi connectivity index (χ4n) is 2.47. The number of hydrogen-bond acceptors (Lipinski definition) is 3. The molecule has 0 fully saturated rings. The Balaban J connectivity index is 1.94. The van der Waals surface area contributed by atoms with Crippen LogP contribution in [0.4, 0.5) is 8.78 Å². The molecule has 20 heavy (non-hydrogen) atoms. The highest BCUT2D eigenvalue weighted by Gasteiger charge is 2.44. The standard InChI is InChI=1S/C15H14F2N2O/c1-8-9-7-12(18-19-14(9)15(8,2)3)20-13-10(16)5-4-6-11(13)17/h4-8H,1-3H3/t8-/m0/s1. The lowest BCUT2D eigenvalue weighted by atomic mass is 9.62. The highest BCUT2D eigenvalue weighted by Crippen LogP contribution is 2.50. The molecule has 0 saturated carbocycles. The van der Waals surface area contributed by atoms with E-state index in [2.05, 4.69) is 31.0 Å². The summed E-state index contributed by atoms with van der Waals surface area (Å²) in [4.78, 5) is 0. The van der Waals surface area contributed by atoms with Crippen molar-refractivity contribution in [2.24, 2.45) is 0 Å². The lowest BCUT2D eigenvalue weighted by molar-refractivity contribution is 0.335. The first-order chi connectivity index (χ1) is 9.41. The van der Waals surface area contributed by atoms with Crippen molar-refractivity contribution >= 4 is 0 Å². The van der Waals surface area contributed by atoms with Crippen LogP contribution < -0.4 is 4.74 Å². The molecule has 0 bridgehead atoms. The zero-order chi connectivity index (χ0) is 14.5. The molecular weight excluding hydrogens is 262 g/mol. The van der Waals surface area contributed by atoms with Crippen molar-refractivity contribution in [3.8, 4) is 11.6 Å². The SMILES string of the molecule is C[C@H]1c2cc(Oc3c(F)cccc3F)nnc2C1(C)C. The summed E-state index contributed by atoms with van der Waals surface area (Å²) in [7, 11) is 0. The van der Waals surface area contributed by atoms with Gasteiger partial charge in [-0.05, 0) is 23.6 Å². The van der Waals surface area contributed by atoms with E-state index in [4.69, 9.17) is 4.74 Å². The van der Waals surface area contributed by atoms with Crippen molar-refractivity contribution in [1.82, 2.24) is 10.2 Å². The first kappa shape index (κ1) is 13.0. The summed E-state index contributed by atoms with van der Waals surface area (Å²) >= 11 is 0. The molecule has 0 spiro atoms. The number of aromatic nitrogens is 2. The Bertz CT molecular complexity index is 665. The van der Waals surface area contributed by atoms with Crippen LogP contribution in [0, 0.1) is 11.6 Å². The van der Waals surface area contributed by atoms with Crippen LogP contribution >= 0.6 is 0 Å². The second kappa shape index (κ2) is 4.23. The molecule has 0 amide bonds. The second-order valence-corrected chi connectivity index (χ2v) is 5.58. The van der Waals surface area contributed by atoms with Crippen LogP contribution in [0.15, 0.2) is 24.3 Å². The molecule has 2 aromatic rings. The summed E-state index contributed by atoms with van der Waals surface area (Å²) in [5.74, 6) is -1.56. The van der Waals surface area contributed by atoms with Gasteiger partial charge in [0.1, 0.15) is 0 Å². The molecule has 1 aliphatic rings. The van der Waals surface area contributed by atoms with E-state index in [1.54, 1.807) is 6.07 Å². The average molecular weight is 276 g/mol. The quantitative estimate of drug-likeness (QED) is 0.833. The Labute approximate surface area is 115 Å². The van der Waals surface area contributed by atoms with Gasteiger partial charge >= 0.3 is 0 Å². The molecule has 0 N–H and O–H groups in total. The van der Waals surface area contributed by atoms with Gasteiger partial charge in [-0.1, -0.05) is 26.8 Å². The number of hydrogen-bond donors (Lipinski definition) is 0. The molecule has 3 rings (SSSR count). The fraction of sp³-hybridized carbons (Fsp3) is 0.333. The maximum absolute atomic E-state index is 13.5. The summed E-state index contributed by atoms with van der Waals surface area (Å²) in [6.07, 6.45) is 0. The van der Waals surface area contributed by atoms with E-state index in [9.17, 15) is 8.78 Å². The number of nitrogens with zero attached hydrogens (tertiary/aromatic N) is 2. The summed E-state index contributed by atoms with van der Waals surface area (Å²) in [5, 5.41) is 8.00. The normalized spacial score (nSPS) is 19.1. The van der Waals surface area contributed by atoms with Crippen LogP contribution in [-0.2, 0) is 5.41 Å². The van der Waals surface area contributed by atoms with Gasteiger partial charge in [0, 0.05) is 11.5 Å². The largest absolute Gasteiger partial charge is 0.431 e. The summed E-state index contributed by atoms with van der Waals surface area (Å²) in [6.45, 7) is 6.26. The van der Waals surface area contributed by atoms with Gasteiger partial charge in [-0.15, -0.1) is 5.10 Å². The highest BCUT2D eigenvalue weighted by atomic mass is 19.1. The van der Waals surface area contributed by atoms with Gasteiger partial charge in [-0.25, -0.2) is 8.78 Å². The van der Waals surface area contributed by atoms with Crippen LogP contribution in [0.1, 0.15) is 37.9 Å². The number of ether oxygens (including phenoxy) is 1. The maximum atomic E-state index is 13.5. The Hall–Kier alpha value is -2.04. The third kappa shape index (κ3) is 1.77. The minimum atomic E-state index is -0.761. The molecule has 5 heteroatoms.